The van der Waals surface area contributed by atoms with Crippen molar-refractivity contribution in [2.45, 2.75) is 15.2 Å². The Morgan fingerprint density at radius 3 is 1.84 bits per heavy atom. The average molecular weight is 792 g/mol. The first-order valence-electron chi connectivity index (χ1n) is 20.7. The Hall–Kier alpha value is -7.71. The fourth-order valence-electron chi connectivity index (χ4n) is 10.5. The molecule has 0 amide bonds. The summed E-state index contributed by atoms with van der Waals surface area (Å²) in [6, 6.07) is 74.8. The maximum absolute atomic E-state index is 9.61. The van der Waals surface area contributed by atoms with Gasteiger partial charge in [-0.3, -0.25) is 0 Å². The van der Waals surface area contributed by atoms with Crippen LogP contribution in [0.4, 0.5) is 0 Å². The molecular formula is C57H33N3S. The summed E-state index contributed by atoms with van der Waals surface area (Å²) in [6.45, 7) is 0. The Kier molecular flexibility index (Phi) is 7.22. The van der Waals surface area contributed by atoms with Crippen molar-refractivity contribution in [3.8, 4) is 45.3 Å². The van der Waals surface area contributed by atoms with Gasteiger partial charge in [0.15, 0.2) is 0 Å². The Balaban J connectivity index is 0.960. The van der Waals surface area contributed by atoms with E-state index in [0.29, 0.717) is 5.56 Å². The van der Waals surface area contributed by atoms with E-state index in [1.54, 1.807) is 0 Å². The van der Waals surface area contributed by atoms with Gasteiger partial charge in [0.1, 0.15) is 0 Å². The second-order valence-corrected chi connectivity index (χ2v) is 17.2. The van der Waals surface area contributed by atoms with Crippen molar-refractivity contribution in [2.75, 3.05) is 0 Å². The number of benzene rings is 9. The Morgan fingerprint density at radius 1 is 0.475 bits per heavy atom. The third-order valence-electron chi connectivity index (χ3n) is 13.1. The molecule has 0 radical (unpaired) electrons. The van der Waals surface area contributed by atoms with E-state index in [-0.39, 0.29) is 0 Å². The molecule has 0 saturated carbocycles. The Morgan fingerprint density at radius 2 is 1.08 bits per heavy atom. The molecule has 1 aliphatic heterocycles. The largest absolute Gasteiger partial charge is 0.309 e. The molecule has 2 aromatic heterocycles. The van der Waals surface area contributed by atoms with E-state index < -0.39 is 5.41 Å². The summed E-state index contributed by atoms with van der Waals surface area (Å²) in [5.41, 5.74) is 16.8. The molecule has 1 spiro atoms. The van der Waals surface area contributed by atoms with Gasteiger partial charge in [-0.25, -0.2) is 4.98 Å². The highest BCUT2D eigenvalue weighted by molar-refractivity contribution is 7.99. The molecule has 0 saturated heterocycles. The van der Waals surface area contributed by atoms with Crippen LogP contribution in [0.15, 0.2) is 210 Å². The van der Waals surface area contributed by atoms with Crippen molar-refractivity contribution >= 4 is 55.2 Å². The molecule has 61 heavy (non-hydrogen) atoms. The number of nitriles is 1. The maximum Gasteiger partial charge on any atom is 0.0991 e. The zero-order valence-corrected chi connectivity index (χ0v) is 33.6. The fourth-order valence-corrected chi connectivity index (χ4v) is 11.7. The minimum atomic E-state index is -0.442. The molecule has 282 valence electrons. The van der Waals surface area contributed by atoms with E-state index in [2.05, 4.69) is 199 Å². The lowest BCUT2D eigenvalue weighted by atomic mass is 9.67. The fraction of sp³-hybridized carbons (Fsp3) is 0.0175. The van der Waals surface area contributed by atoms with Crippen LogP contribution in [0.25, 0.3) is 82.7 Å². The quantitative estimate of drug-likeness (QED) is 0.167. The van der Waals surface area contributed by atoms with Crippen LogP contribution in [0, 0.1) is 11.3 Å². The van der Waals surface area contributed by atoms with Crippen LogP contribution in [-0.4, -0.2) is 9.55 Å². The Labute approximate surface area is 356 Å². The van der Waals surface area contributed by atoms with Crippen molar-refractivity contribution in [3.05, 3.63) is 228 Å². The summed E-state index contributed by atoms with van der Waals surface area (Å²) < 4.78 is 2.29. The number of rotatable bonds is 3. The molecule has 13 rings (SSSR count). The average Bonchev–Trinajstić information content (AvgIpc) is 3.82. The van der Waals surface area contributed by atoms with Gasteiger partial charge in [0.2, 0.25) is 0 Å². The molecule has 9 aromatic carbocycles. The van der Waals surface area contributed by atoms with E-state index in [1.807, 2.05) is 23.9 Å². The van der Waals surface area contributed by atoms with Crippen LogP contribution in [0.1, 0.15) is 27.8 Å². The standard InChI is InChI=1S/C57H33N3S/c58-34-35-21-32-51-44(33-35)40-11-3-8-18-50(40)60(51)39-28-26-37(27-29-39)36-22-24-38(25-23-36)56-43-30-31-48-55(54(43)42-13-2-7-17-49(42)59-56)41-12-1-4-14-45(41)57(48)46-15-5-9-19-52(46)61-53-20-10-6-16-47(53)57/h1-33H. The van der Waals surface area contributed by atoms with Crippen molar-refractivity contribution < 1.29 is 0 Å². The molecule has 3 heterocycles. The summed E-state index contributed by atoms with van der Waals surface area (Å²) in [5, 5.41) is 15.4. The van der Waals surface area contributed by atoms with Crippen molar-refractivity contribution in [2.24, 2.45) is 0 Å². The first-order valence-corrected chi connectivity index (χ1v) is 21.5. The van der Waals surface area contributed by atoms with E-state index in [4.69, 9.17) is 4.98 Å². The zero-order valence-electron chi connectivity index (χ0n) is 32.8. The van der Waals surface area contributed by atoms with Crippen LogP contribution in [0.2, 0.25) is 0 Å². The molecule has 0 bridgehead atoms. The number of pyridine rings is 1. The third kappa shape index (κ3) is 4.73. The molecular weight excluding hydrogens is 759 g/mol. The van der Waals surface area contributed by atoms with E-state index in [1.165, 1.54) is 53.9 Å². The lowest BCUT2D eigenvalue weighted by Crippen LogP contribution is -2.31. The maximum atomic E-state index is 9.61. The molecule has 1 aliphatic carbocycles. The predicted octanol–water partition coefficient (Wildman–Crippen LogP) is 14.5. The monoisotopic (exact) mass is 791 g/mol. The summed E-state index contributed by atoms with van der Waals surface area (Å²) in [4.78, 5) is 8.02. The van der Waals surface area contributed by atoms with Crippen LogP contribution in [0.5, 0.6) is 0 Å². The molecule has 4 heteroatoms. The number of fused-ring (bicyclic) bond motifs is 16. The molecule has 2 aliphatic rings. The van der Waals surface area contributed by atoms with Crippen molar-refractivity contribution in [1.82, 2.24) is 9.55 Å². The topological polar surface area (TPSA) is 41.6 Å². The lowest BCUT2D eigenvalue weighted by Gasteiger charge is -2.39. The second kappa shape index (κ2) is 12.9. The Bertz CT molecular complexity index is 3640. The van der Waals surface area contributed by atoms with Crippen LogP contribution >= 0.6 is 11.8 Å². The second-order valence-electron chi connectivity index (χ2n) is 16.1. The first-order chi connectivity index (χ1) is 30.2. The minimum Gasteiger partial charge on any atom is -0.309 e. The number of aromatic nitrogens is 2. The summed E-state index contributed by atoms with van der Waals surface area (Å²) in [7, 11) is 0. The minimum absolute atomic E-state index is 0.442. The van der Waals surface area contributed by atoms with Gasteiger partial charge in [-0.2, -0.15) is 5.26 Å². The molecule has 3 nitrogen and oxygen atoms in total. The van der Waals surface area contributed by atoms with Crippen molar-refractivity contribution in [3.63, 3.8) is 0 Å². The molecule has 0 fully saturated rings. The van der Waals surface area contributed by atoms with Crippen LogP contribution < -0.4 is 0 Å². The first kappa shape index (κ1) is 34.2. The number of nitrogens with zero attached hydrogens (tertiary/aromatic N) is 3. The van der Waals surface area contributed by atoms with Crippen LogP contribution in [0.3, 0.4) is 0 Å². The highest BCUT2D eigenvalue weighted by atomic mass is 32.2. The summed E-state index contributed by atoms with van der Waals surface area (Å²) >= 11 is 1.88. The normalized spacial score (nSPS) is 13.3. The molecule has 11 aromatic rings. The predicted molar refractivity (Wildman–Crippen MR) is 251 cm³/mol. The number of para-hydroxylation sites is 2. The van der Waals surface area contributed by atoms with Gasteiger partial charge >= 0.3 is 0 Å². The highest BCUT2D eigenvalue weighted by Crippen LogP contribution is 2.63. The highest BCUT2D eigenvalue weighted by Gasteiger charge is 2.50. The van der Waals surface area contributed by atoms with Gasteiger partial charge in [-0.05, 0) is 99.1 Å². The lowest BCUT2D eigenvalue weighted by molar-refractivity contribution is 0.723. The third-order valence-corrected chi connectivity index (χ3v) is 14.2. The van der Waals surface area contributed by atoms with Gasteiger partial charge in [0, 0.05) is 48.0 Å². The summed E-state index contributed by atoms with van der Waals surface area (Å²) in [5.74, 6) is 0. The van der Waals surface area contributed by atoms with Crippen LogP contribution in [-0.2, 0) is 5.41 Å². The smallest absolute Gasteiger partial charge is 0.0991 e. The molecule has 0 atom stereocenters. The van der Waals surface area contributed by atoms with E-state index in [9.17, 15) is 5.26 Å². The molecule has 0 N–H and O–H groups in total. The molecule has 0 unspecified atom stereocenters. The zero-order chi connectivity index (χ0) is 40.2. The number of hydrogen-bond donors (Lipinski definition) is 0. The van der Waals surface area contributed by atoms with Crippen molar-refractivity contribution in [1.29, 1.82) is 5.26 Å². The van der Waals surface area contributed by atoms with Gasteiger partial charge in [0.05, 0.1) is 39.3 Å². The SMILES string of the molecule is N#Cc1ccc2c(c1)c1ccccc1n2-c1ccc(-c2ccc(-c3nc4ccccc4c4c5c(ccc34)C3(c4ccccc4Sc4ccccc43)c3ccccc3-5)cc2)cc1. The van der Waals surface area contributed by atoms with Gasteiger partial charge in [-0.15, -0.1) is 0 Å². The van der Waals surface area contributed by atoms with E-state index >= 15 is 0 Å². The van der Waals surface area contributed by atoms with E-state index in [0.717, 1.165) is 60.8 Å². The van der Waals surface area contributed by atoms with Gasteiger partial charge in [0.25, 0.3) is 0 Å². The number of hydrogen-bond acceptors (Lipinski definition) is 3. The van der Waals surface area contributed by atoms with Gasteiger partial charge < -0.3 is 4.57 Å². The summed E-state index contributed by atoms with van der Waals surface area (Å²) in [6.07, 6.45) is 0. The van der Waals surface area contributed by atoms with Gasteiger partial charge in [-0.1, -0.05) is 157 Å².